The van der Waals surface area contributed by atoms with Crippen LogP contribution in [0.1, 0.15) is 16.8 Å². The Morgan fingerprint density at radius 3 is 2.81 bits per heavy atom. The van der Waals surface area contributed by atoms with Crippen LogP contribution in [-0.4, -0.2) is 67.2 Å². The summed E-state index contributed by atoms with van der Waals surface area (Å²) >= 11 is 0. The molecular weight excluding hydrogens is 406 g/mol. The van der Waals surface area contributed by atoms with Gasteiger partial charge in [-0.15, -0.1) is 0 Å². The van der Waals surface area contributed by atoms with E-state index in [1.54, 1.807) is 0 Å². The van der Waals surface area contributed by atoms with Crippen molar-refractivity contribution < 1.29 is 19.3 Å². The molecule has 1 atom stereocenters. The summed E-state index contributed by atoms with van der Waals surface area (Å²) in [4.78, 5) is 9.97. The van der Waals surface area contributed by atoms with Crippen LogP contribution in [-0.2, 0) is 22.4 Å². The minimum Gasteiger partial charge on any atom is -0.493 e. The molecule has 32 heavy (non-hydrogen) atoms. The summed E-state index contributed by atoms with van der Waals surface area (Å²) in [6.45, 7) is 9.81. The molecule has 1 unspecified atom stereocenters. The first-order chi connectivity index (χ1) is 15.7. The van der Waals surface area contributed by atoms with E-state index in [1.807, 2.05) is 0 Å². The molecule has 0 amide bonds. The topological polar surface area (TPSA) is 67.3 Å². The molecule has 0 aliphatic carbocycles. The number of aliphatic hydroxyl groups is 1. The normalized spacial score (nSPS) is 24.0. The van der Waals surface area contributed by atoms with Gasteiger partial charge in [0.05, 0.1) is 42.4 Å². The van der Waals surface area contributed by atoms with Crippen molar-refractivity contribution in [3.8, 4) is 5.75 Å². The van der Waals surface area contributed by atoms with Gasteiger partial charge in [-0.1, -0.05) is 6.58 Å². The average Bonchev–Trinajstić information content (AvgIpc) is 3.41. The summed E-state index contributed by atoms with van der Waals surface area (Å²) in [5, 5.41) is 11.8. The van der Waals surface area contributed by atoms with Gasteiger partial charge in [0.25, 0.3) is 0 Å². The molecule has 0 bridgehead atoms. The third-order valence-corrected chi connectivity index (χ3v) is 7.24. The SMILES string of the molecule is C=C1OCC2=C(C=C3c4nc5cc6c(cc5c(N5CCOCC5)c4CN3C2)OCC6)C1O. The number of aromatic nitrogens is 1. The molecule has 5 aliphatic rings. The number of aliphatic hydroxyl groups excluding tert-OH is 1. The highest BCUT2D eigenvalue weighted by molar-refractivity contribution is 5.98. The summed E-state index contributed by atoms with van der Waals surface area (Å²) in [5.74, 6) is 1.41. The van der Waals surface area contributed by atoms with Gasteiger partial charge in [0, 0.05) is 43.5 Å². The van der Waals surface area contributed by atoms with Gasteiger partial charge in [-0.2, -0.15) is 0 Å². The van der Waals surface area contributed by atoms with Gasteiger partial charge in [-0.25, -0.2) is 4.98 Å². The number of hydrogen-bond acceptors (Lipinski definition) is 7. The molecule has 1 aromatic carbocycles. The van der Waals surface area contributed by atoms with E-state index in [9.17, 15) is 5.11 Å². The second kappa shape index (κ2) is 6.73. The number of morpholine rings is 1. The number of benzene rings is 1. The fourth-order valence-electron chi connectivity index (χ4n) is 5.60. The van der Waals surface area contributed by atoms with E-state index >= 15 is 0 Å². The van der Waals surface area contributed by atoms with Crippen molar-refractivity contribution in [2.24, 2.45) is 0 Å². The Bertz CT molecular complexity index is 1240. The fraction of sp³-hybridized carbons (Fsp3) is 0.400. The van der Waals surface area contributed by atoms with Crippen LogP contribution in [0.5, 0.6) is 5.75 Å². The third kappa shape index (κ3) is 2.58. The number of anilines is 1. The van der Waals surface area contributed by atoms with E-state index in [1.165, 1.54) is 16.8 Å². The Morgan fingerprint density at radius 1 is 1.06 bits per heavy atom. The zero-order chi connectivity index (χ0) is 21.4. The standard InChI is InChI=1S/C25H25N3O4/c1-14-25(29)17-9-21-23-19(12-28(21)11-16(17)13-32-14)24(27-3-6-30-7-4-27)18-10-22-15(2-5-31-22)8-20(18)26-23/h8-10,25,29H,1-7,11-13H2. The van der Waals surface area contributed by atoms with Crippen LogP contribution in [0, 0.1) is 0 Å². The molecule has 0 saturated carbocycles. The number of ether oxygens (including phenoxy) is 3. The summed E-state index contributed by atoms with van der Waals surface area (Å²) < 4.78 is 17.1. The van der Waals surface area contributed by atoms with E-state index in [2.05, 4.69) is 34.6 Å². The first-order valence-electron chi connectivity index (χ1n) is 11.3. The Kier molecular flexibility index (Phi) is 3.90. The average molecular weight is 431 g/mol. The highest BCUT2D eigenvalue weighted by Crippen LogP contribution is 2.46. The van der Waals surface area contributed by atoms with E-state index in [0.717, 1.165) is 91.6 Å². The van der Waals surface area contributed by atoms with E-state index < -0.39 is 6.10 Å². The molecule has 2 aromatic rings. The van der Waals surface area contributed by atoms with Gasteiger partial charge in [0.15, 0.2) is 0 Å². The van der Waals surface area contributed by atoms with Gasteiger partial charge in [-0.3, -0.25) is 0 Å². The molecule has 1 saturated heterocycles. The summed E-state index contributed by atoms with van der Waals surface area (Å²) in [7, 11) is 0. The largest absolute Gasteiger partial charge is 0.493 e. The van der Waals surface area contributed by atoms with Crippen molar-refractivity contribution in [2.45, 2.75) is 19.1 Å². The molecule has 7 nitrogen and oxygen atoms in total. The quantitative estimate of drug-likeness (QED) is 0.744. The number of pyridine rings is 1. The van der Waals surface area contributed by atoms with Crippen molar-refractivity contribution in [3.63, 3.8) is 0 Å². The van der Waals surface area contributed by atoms with Crippen molar-refractivity contribution in [2.75, 3.05) is 51.0 Å². The Hall–Kier alpha value is -3.03. The predicted molar refractivity (Wildman–Crippen MR) is 120 cm³/mol. The lowest BCUT2D eigenvalue weighted by Crippen LogP contribution is -2.37. The summed E-state index contributed by atoms with van der Waals surface area (Å²) in [6.07, 6.45) is 2.25. The molecule has 1 fully saturated rings. The fourth-order valence-corrected chi connectivity index (χ4v) is 5.60. The highest BCUT2D eigenvalue weighted by atomic mass is 16.5. The Labute approximate surface area is 186 Å². The third-order valence-electron chi connectivity index (χ3n) is 7.24. The van der Waals surface area contributed by atoms with Crippen LogP contribution in [0.25, 0.3) is 16.6 Å². The van der Waals surface area contributed by atoms with Crippen LogP contribution in [0.15, 0.2) is 41.7 Å². The van der Waals surface area contributed by atoms with E-state index in [0.29, 0.717) is 12.4 Å². The smallest absolute Gasteiger partial charge is 0.136 e. The maximum absolute atomic E-state index is 10.7. The lowest BCUT2D eigenvalue weighted by Gasteiger charge is -2.33. The predicted octanol–water partition coefficient (Wildman–Crippen LogP) is 2.38. The van der Waals surface area contributed by atoms with Gasteiger partial charge in [0.1, 0.15) is 24.2 Å². The van der Waals surface area contributed by atoms with Crippen molar-refractivity contribution in [1.29, 1.82) is 0 Å². The monoisotopic (exact) mass is 431 g/mol. The minimum absolute atomic E-state index is 0.420. The molecule has 6 heterocycles. The number of hydrogen-bond donors (Lipinski definition) is 1. The zero-order valence-corrected chi connectivity index (χ0v) is 17.9. The first kappa shape index (κ1) is 18.5. The molecule has 0 radical (unpaired) electrons. The minimum atomic E-state index is -0.781. The molecule has 1 N–H and O–H groups in total. The lowest BCUT2D eigenvalue weighted by atomic mass is 9.94. The lowest BCUT2D eigenvalue weighted by molar-refractivity contribution is 0.115. The van der Waals surface area contributed by atoms with Crippen LogP contribution in [0.3, 0.4) is 0 Å². The van der Waals surface area contributed by atoms with Crippen molar-refractivity contribution in [1.82, 2.24) is 9.88 Å². The maximum atomic E-state index is 10.7. The molecule has 1 aromatic heterocycles. The number of nitrogens with zero attached hydrogens (tertiary/aromatic N) is 3. The van der Waals surface area contributed by atoms with Crippen molar-refractivity contribution >= 4 is 22.3 Å². The van der Waals surface area contributed by atoms with Gasteiger partial charge >= 0.3 is 0 Å². The Balaban J connectivity index is 1.44. The number of fused-ring (bicyclic) bond motifs is 5. The van der Waals surface area contributed by atoms with Gasteiger partial charge < -0.3 is 29.1 Å². The zero-order valence-electron chi connectivity index (χ0n) is 17.9. The Morgan fingerprint density at radius 2 is 1.94 bits per heavy atom. The highest BCUT2D eigenvalue weighted by Gasteiger charge is 2.37. The number of rotatable bonds is 1. The second-order valence-electron chi connectivity index (χ2n) is 9.06. The van der Waals surface area contributed by atoms with Crippen LogP contribution >= 0.6 is 0 Å². The van der Waals surface area contributed by atoms with Crippen LogP contribution in [0.4, 0.5) is 5.69 Å². The van der Waals surface area contributed by atoms with Crippen LogP contribution in [0.2, 0.25) is 0 Å². The summed E-state index contributed by atoms with van der Waals surface area (Å²) in [6, 6.07) is 4.38. The van der Waals surface area contributed by atoms with E-state index in [-0.39, 0.29) is 0 Å². The molecule has 5 aliphatic heterocycles. The molecule has 0 spiro atoms. The van der Waals surface area contributed by atoms with Crippen molar-refractivity contribution in [3.05, 3.63) is 58.5 Å². The van der Waals surface area contributed by atoms with Gasteiger partial charge in [-0.05, 0) is 34.9 Å². The second-order valence-corrected chi connectivity index (χ2v) is 9.06. The summed E-state index contributed by atoms with van der Waals surface area (Å²) in [5.41, 5.74) is 8.87. The first-order valence-corrected chi connectivity index (χ1v) is 11.3. The van der Waals surface area contributed by atoms with Gasteiger partial charge in [0.2, 0.25) is 0 Å². The van der Waals surface area contributed by atoms with E-state index in [4.69, 9.17) is 19.2 Å². The van der Waals surface area contributed by atoms with Crippen LogP contribution < -0.4 is 9.64 Å². The molecule has 7 rings (SSSR count). The molecule has 164 valence electrons. The molecular formula is C25H25N3O4. The molecule has 7 heteroatoms. The maximum Gasteiger partial charge on any atom is 0.136 e.